The summed E-state index contributed by atoms with van der Waals surface area (Å²) in [7, 11) is 0. The maximum absolute atomic E-state index is 8.69. The van der Waals surface area contributed by atoms with Crippen molar-refractivity contribution in [1.29, 1.82) is 5.26 Å². The zero-order valence-corrected chi connectivity index (χ0v) is 10.5. The Morgan fingerprint density at radius 3 is 2.44 bits per heavy atom. The number of nitriles is 1. The van der Waals surface area contributed by atoms with Crippen LogP contribution in [0, 0.1) is 11.3 Å². The number of hydrogen-bond donors (Lipinski definition) is 0. The van der Waals surface area contributed by atoms with Crippen molar-refractivity contribution in [2.75, 3.05) is 6.61 Å². The van der Waals surface area contributed by atoms with E-state index in [1.165, 1.54) is 0 Å². The van der Waals surface area contributed by atoms with Crippen LogP contribution < -0.4 is 4.74 Å². The van der Waals surface area contributed by atoms with Crippen molar-refractivity contribution in [3.8, 4) is 11.8 Å². The molecule has 0 aliphatic rings. The average molecular weight is 258 g/mol. The number of rotatable bonds is 4. The molecule has 0 N–H and O–H groups in total. The highest BCUT2D eigenvalue weighted by Gasteiger charge is 2.00. The first-order chi connectivity index (χ1) is 8.79. The lowest BCUT2D eigenvalue weighted by Crippen LogP contribution is -2.01. The molecule has 2 rings (SSSR count). The van der Waals surface area contributed by atoms with Crippen LogP contribution in [0.5, 0.6) is 5.75 Å². The molecule has 90 valence electrons. The second-order valence-electron chi connectivity index (χ2n) is 3.84. The molecule has 0 unspecified atom stereocenters. The van der Waals surface area contributed by atoms with E-state index in [1.54, 1.807) is 6.07 Å². The number of benzene rings is 2. The van der Waals surface area contributed by atoms with Gasteiger partial charge in [-0.3, -0.25) is 0 Å². The molecule has 0 saturated heterocycles. The fraction of sp³-hybridized carbons (Fsp3) is 0.133. The smallest absolute Gasteiger partial charge is 0.137 e. The van der Waals surface area contributed by atoms with Gasteiger partial charge in [-0.05, 0) is 29.8 Å². The number of ether oxygens (including phenoxy) is 1. The lowest BCUT2D eigenvalue weighted by Gasteiger charge is -2.07. The van der Waals surface area contributed by atoms with Gasteiger partial charge in [0.2, 0.25) is 0 Å². The molecule has 0 atom stereocenters. The molecule has 2 nitrogen and oxygen atoms in total. The van der Waals surface area contributed by atoms with Crippen LogP contribution in [0.4, 0.5) is 0 Å². The van der Waals surface area contributed by atoms with E-state index in [0.29, 0.717) is 22.9 Å². The summed E-state index contributed by atoms with van der Waals surface area (Å²) in [5.41, 5.74) is 1.81. The Morgan fingerprint density at radius 1 is 1.06 bits per heavy atom. The summed E-state index contributed by atoms with van der Waals surface area (Å²) < 4.78 is 5.60. The lowest BCUT2D eigenvalue weighted by atomic mass is 10.1. The van der Waals surface area contributed by atoms with Gasteiger partial charge in [-0.15, -0.1) is 0 Å². The Labute approximate surface area is 111 Å². The summed E-state index contributed by atoms with van der Waals surface area (Å²) in [5.74, 6) is 0.702. The van der Waals surface area contributed by atoms with E-state index in [-0.39, 0.29) is 0 Å². The summed E-state index contributed by atoms with van der Waals surface area (Å²) in [6, 6.07) is 17.0. The van der Waals surface area contributed by atoms with Crippen molar-refractivity contribution in [3.05, 3.63) is 64.7 Å². The van der Waals surface area contributed by atoms with Crippen molar-refractivity contribution < 1.29 is 4.74 Å². The molecule has 0 amide bonds. The Bertz CT molecular complexity index is 557. The monoisotopic (exact) mass is 257 g/mol. The topological polar surface area (TPSA) is 33.0 Å². The molecule has 0 aromatic heterocycles. The standard InChI is InChI=1S/C15H12ClNO/c16-14-3-1-2-4-15(14)18-10-9-12-5-7-13(11-17)8-6-12/h1-8H,9-10H2. The summed E-state index contributed by atoms with van der Waals surface area (Å²) in [5, 5.41) is 9.32. The molecular formula is C15H12ClNO. The van der Waals surface area contributed by atoms with Crippen LogP contribution >= 0.6 is 11.6 Å². The van der Waals surface area contributed by atoms with E-state index in [2.05, 4.69) is 6.07 Å². The van der Waals surface area contributed by atoms with Crippen LogP contribution in [-0.2, 0) is 6.42 Å². The van der Waals surface area contributed by atoms with Gasteiger partial charge in [0.15, 0.2) is 0 Å². The van der Waals surface area contributed by atoms with Gasteiger partial charge in [0.05, 0.1) is 23.3 Å². The summed E-state index contributed by atoms with van der Waals surface area (Å²) >= 11 is 5.98. The third-order valence-electron chi connectivity index (χ3n) is 2.57. The third-order valence-corrected chi connectivity index (χ3v) is 2.88. The molecule has 2 aromatic carbocycles. The molecule has 2 aromatic rings. The van der Waals surface area contributed by atoms with E-state index < -0.39 is 0 Å². The van der Waals surface area contributed by atoms with Gasteiger partial charge >= 0.3 is 0 Å². The molecule has 0 heterocycles. The minimum absolute atomic E-state index is 0.565. The SMILES string of the molecule is N#Cc1ccc(CCOc2ccccc2Cl)cc1. The minimum atomic E-state index is 0.565. The number of hydrogen-bond acceptors (Lipinski definition) is 2. The molecule has 0 radical (unpaired) electrons. The predicted molar refractivity (Wildman–Crippen MR) is 71.8 cm³/mol. The van der Waals surface area contributed by atoms with E-state index in [1.807, 2.05) is 42.5 Å². The van der Waals surface area contributed by atoms with Crippen molar-refractivity contribution >= 4 is 11.6 Å². The Hall–Kier alpha value is -1.98. The fourth-order valence-electron chi connectivity index (χ4n) is 1.59. The first kappa shape index (κ1) is 12.5. The predicted octanol–water partition coefficient (Wildman–Crippen LogP) is 3.83. The quantitative estimate of drug-likeness (QED) is 0.834. The van der Waals surface area contributed by atoms with Crippen LogP contribution in [0.1, 0.15) is 11.1 Å². The Morgan fingerprint density at radius 2 is 1.78 bits per heavy atom. The van der Waals surface area contributed by atoms with Crippen LogP contribution in [-0.4, -0.2) is 6.61 Å². The zero-order valence-electron chi connectivity index (χ0n) is 9.77. The van der Waals surface area contributed by atoms with Crippen molar-refractivity contribution in [3.63, 3.8) is 0 Å². The van der Waals surface area contributed by atoms with E-state index in [4.69, 9.17) is 21.6 Å². The van der Waals surface area contributed by atoms with Gasteiger partial charge in [-0.25, -0.2) is 0 Å². The van der Waals surface area contributed by atoms with Crippen LogP contribution in [0.3, 0.4) is 0 Å². The third kappa shape index (κ3) is 3.26. The van der Waals surface area contributed by atoms with Crippen molar-refractivity contribution in [2.24, 2.45) is 0 Å². The summed E-state index contributed by atoms with van der Waals surface area (Å²) in [6.45, 7) is 0.565. The molecule has 18 heavy (non-hydrogen) atoms. The lowest BCUT2D eigenvalue weighted by molar-refractivity contribution is 0.322. The maximum Gasteiger partial charge on any atom is 0.137 e. The van der Waals surface area contributed by atoms with Gasteiger partial charge in [0.25, 0.3) is 0 Å². The molecular weight excluding hydrogens is 246 g/mol. The zero-order chi connectivity index (χ0) is 12.8. The summed E-state index contributed by atoms with van der Waals surface area (Å²) in [6.07, 6.45) is 0.789. The fourth-order valence-corrected chi connectivity index (χ4v) is 1.78. The summed E-state index contributed by atoms with van der Waals surface area (Å²) in [4.78, 5) is 0. The van der Waals surface area contributed by atoms with Crippen molar-refractivity contribution in [1.82, 2.24) is 0 Å². The molecule has 0 aliphatic heterocycles. The first-order valence-electron chi connectivity index (χ1n) is 5.66. The maximum atomic E-state index is 8.69. The van der Waals surface area contributed by atoms with Gasteiger partial charge in [-0.2, -0.15) is 5.26 Å². The molecule has 0 aliphatic carbocycles. The minimum Gasteiger partial charge on any atom is -0.492 e. The molecule has 3 heteroatoms. The highest BCUT2D eigenvalue weighted by molar-refractivity contribution is 6.32. The highest BCUT2D eigenvalue weighted by Crippen LogP contribution is 2.23. The van der Waals surface area contributed by atoms with Gasteiger partial charge < -0.3 is 4.74 Å². The van der Waals surface area contributed by atoms with Crippen LogP contribution in [0.25, 0.3) is 0 Å². The van der Waals surface area contributed by atoms with Gasteiger partial charge in [0.1, 0.15) is 5.75 Å². The normalized spacial score (nSPS) is 9.78. The largest absolute Gasteiger partial charge is 0.492 e. The number of halogens is 1. The molecule has 0 bridgehead atoms. The van der Waals surface area contributed by atoms with Crippen LogP contribution in [0.15, 0.2) is 48.5 Å². The molecule has 0 spiro atoms. The highest BCUT2D eigenvalue weighted by atomic mass is 35.5. The van der Waals surface area contributed by atoms with Gasteiger partial charge in [-0.1, -0.05) is 35.9 Å². The number of para-hydroxylation sites is 1. The molecule has 0 fully saturated rings. The number of nitrogens with zero attached hydrogens (tertiary/aromatic N) is 1. The second kappa shape index (κ2) is 6.09. The van der Waals surface area contributed by atoms with E-state index >= 15 is 0 Å². The van der Waals surface area contributed by atoms with E-state index in [0.717, 1.165) is 12.0 Å². The average Bonchev–Trinajstić information content (AvgIpc) is 2.42. The first-order valence-corrected chi connectivity index (χ1v) is 6.04. The second-order valence-corrected chi connectivity index (χ2v) is 4.24. The Kier molecular flexibility index (Phi) is 4.22. The van der Waals surface area contributed by atoms with Gasteiger partial charge in [0, 0.05) is 6.42 Å². The Balaban J connectivity index is 1.89. The molecule has 0 saturated carbocycles. The van der Waals surface area contributed by atoms with Crippen molar-refractivity contribution in [2.45, 2.75) is 6.42 Å². The van der Waals surface area contributed by atoms with E-state index in [9.17, 15) is 0 Å². The van der Waals surface area contributed by atoms with Crippen LogP contribution in [0.2, 0.25) is 5.02 Å².